The summed E-state index contributed by atoms with van der Waals surface area (Å²) < 4.78 is 5.41. The van der Waals surface area contributed by atoms with Crippen LogP contribution in [-0.4, -0.2) is 61.4 Å². The van der Waals surface area contributed by atoms with Crippen molar-refractivity contribution in [2.45, 2.75) is 0 Å². The van der Waals surface area contributed by atoms with Crippen molar-refractivity contribution in [3.05, 3.63) is 17.1 Å². The second-order valence-electron chi connectivity index (χ2n) is 4.77. The van der Waals surface area contributed by atoms with Gasteiger partial charge in [0, 0.05) is 18.5 Å². The minimum absolute atomic E-state index is 0.202. The highest BCUT2D eigenvalue weighted by Crippen LogP contribution is 2.31. The lowest BCUT2D eigenvalue weighted by Gasteiger charge is -2.10. The maximum absolute atomic E-state index is 12.1. The zero-order valence-electron chi connectivity index (χ0n) is 12.1. The first-order chi connectivity index (χ1) is 10.1. The zero-order chi connectivity index (χ0) is 15.2. The number of rotatable bonds is 7. The fraction of sp³-hybridized carbons (Fsp3) is 0.462. The summed E-state index contributed by atoms with van der Waals surface area (Å²) in [7, 11) is 3.97. The number of carbonyl (C=O) groups is 1. The van der Waals surface area contributed by atoms with Gasteiger partial charge in [-0.05, 0) is 20.2 Å². The van der Waals surface area contributed by atoms with Crippen LogP contribution in [0.3, 0.4) is 0 Å². The Hall–Kier alpha value is -1.77. The normalized spacial score (nSPS) is 11.2. The van der Waals surface area contributed by atoms with Gasteiger partial charge in [-0.15, -0.1) is 16.4 Å². The quantitative estimate of drug-likeness (QED) is 0.727. The van der Waals surface area contributed by atoms with Crippen molar-refractivity contribution >= 4 is 33.1 Å². The van der Waals surface area contributed by atoms with Crippen LogP contribution in [0.4, 0.5) is 5.69 Å². The van der Waals surface area contributed by atoms with Crippen LogP contribution < -0.4 is 11.1 Å². The SMILES string of the molecule is CN(C)CCOCCNC(=O)c1sc2nnccc2c1N. The molecule has 0 spiro atoms. The number of nitrogens with zero attached hydrogens (tertiary/aromatic N) is 3. The Labute approximate surface area is 127 Å². The summed E-state index contributed by atoms with van der Waals surface area (Å²) in [4.78, 5) is 15.3. The van der Waals surface area contributed by atoms with E-state index < -0.39 is 0 Å². The molecule has 21 heavy (non-hydrogen) atoms. The minimum atomic E-state index is -0.202. The number of carbonyl (C=O) groups excluding carboxylic acids is 1. The Kier molecular flexibility index (Phi) is 5.43. The standard InChI is InChI=1S/C13H19N5O2S/c1-18(2)6-8-20-7-5-15-12(19)11-10(14)9-3-4-16-17-13(9)21-11/h3-4H,5-8,14H2,1-2H3,(H,15,19). The first kappa shape index (κ1) is 15.6. The van der Waals surface area contributed by atoms with E-state index in [2.05, 4.69) is 15.5 Å². The van der Waals surface area contributed by atoms with Crippen molar-refractivity contribution in [2.75, 3.05) is 46.1 Å². The predicted molar refractivity (Wildman–Crippen MR) is 83.5 cm³/mol. The van der Waals surface area contributed by atoms with E-state index in [1.165, 1.54) is 11.3 Å². The van der Waals surface area contributed by atoms with E-state index in [4.69, 9.17) is 10.5 Å². The third kappa shape index (κ3) is 4.10. The number of ether oxygens (including phenoxy) is 1. The van der Waals surface area contributed by atoms with Gasteiger partial charge in [-0.3, -0.25) is 4.79 Å². The van der Waals surface area contributed by atoms with Gasteiger partial charge in [-0.25, -0.2) is 0 Å². The molecule has 8 heteroatoms. The van der Waals surface area contributed by atoms with Crippen LogP contribution in [-0.2, 0) is 4.74 Å². The van der Waals surface area contributed by atoms with Gasteiger partial charge in [0.05, 0.1) is 25.1 Å². The molecule has 3 N–H and O–H groups in total. The molecule has 0 aliphatic heterocycles. The van der Waals surface area contributed by atoms with E-state index in [0.717, 1.165) is 11.9 Å². The van der Waals surface area contributed by atoms with Crippen molar-refractivity contribution in [2.24, 2.45) is 0 Å². The fourth-order valence-corrected chi connectivity index (χ4v) is 2.66. The molecule has 2 rings (SSSR count). The molecule has 0 radical (unpaired) electrons. The van der Waals surface area contributed by atoms with Gasteiger partial charge in [0.15, 0.2) is 0 Å². The summed E-state index contributed by atoms with van der Waals surface area (Å²) >= 11 is 1.25. The number of nitrogens with two attached hydrogens (primary N) is 1. The molecule has 0 unspecified atom stereocenters. The van der Waals surface area contributed by atoms with Crippen molar-refractivity contribution in [1.29, 1.82) is 0 Å². The first-order valence-corrected chi connectivity index (χ1v) is 7.41. The Morgan fingerprint density at radius 3 is 3.00 bits per heavy atom. The van der Waals surface area contributed by atoms with E-state index in [9.17, 15) is 4.79 Å². The number of amides is 1. The number of fused-ring (bicyclic) bond motifs is 1. The monoisotopic (exact) mass is 309 g/mol. The molecule has 2 heterocycles. The van der Waals surface area contributed by atoms with Gasteiger partial charge >= 0.3 is 0 Å². The highest BCUT2D eigenvalue weighted by Gasteiger charge is 2.16. The van der Waals surface area contributed by atoms with Gasteiger partial charge in [0.2, 0.25) is 0 Å². The molecular weight excluding hydrogens is 290 g/mol. The number of nitrogen functional groups attached to an aromatic ring is 1. The molecule has 0 aromatic carbocycles. The maximum Gasteiger partial charge on any atom is 0.263 e. The smallest absolute Gasteiger partial charge is 0.263 e. The molecule has 7 nitrogen and oxygen atoms in total. The third-order valence-electron chi connectivity index (χ3n) is 2.84. The molecule has 114 valence electrons. The Balaban J connectivity index is 1.84. The van der Waals surface area contributed by atoms with Crippen LogP contribution in [0.5, 0.6) is 0 Å². The maximum atomic E-state index is 12.1. The molecule has 0 saturated heterocycles. The lowest BCUT2D eigenvalue weighted by Crippen LogP contribution is -2.28. The van der Waals surface area contributed by atoms with Crippen LogP contribution in [0.1, 0.15) is 9.67 Å². The van der Waals surface area contributed by atoms with Gasteiger partial charge in [-0.1, -0.05) is 0 Å². The second kappa shape index (κ2) is 7.30. The van der Waals surface area contributed by atoms with E-state index in [-0.39, 0.29) is 5.91 Å². The van der Waals surface area contributed by atoms with Gasteiger partial charge in [0.1, 0.15) is 9.71 Å². The van der Waals surface area contributed by atoms with Gasteiger partial charge in [0.25, 0.3) is 5.91 Å². The van der Waals surface area contributed by atoms with Crippen LogP contribution in [0.25, 0.3) is 10.2 Å². The third-order valence-corrected chi connectivity index (χ3v) is 3.95. The Morgan fingerprint density at radius 2 is 2.29 bits per heavy atom. The molecule has 0 aliphatic carbocycles. The van der Waals surface area contributed by atoms with Crippen LogP contribution in [0, 0.1) is 0 Å². The van der Waals surface area contributed by atoms with Crippen LogP contribution >= 0.6 is 11.3 Å². The second-order valence-corrected chi connectivity index (χ2v) is 5.77. The van der Waals surface area contributed by atoms with Crippen molar-refractivity contribution < 1.29 is 9.53 Å². The zero-order valence-corrected chi connectivity index (χ0v) is 12.9. The summed E-state index contributed by atoms with van der Waals surface area (Å²) in [5, 5.41) is 11.3. The van der Waals surface area contributed by atoms with E-state index in [1.54, 1.807) is 12.3 Å². The number of likely N-dealkylation sites (N-methyl/N-ethyl adjacent to an activating group) is 1. The topological polar surface area (TPSA) is 93.4 Å². The molecule has 2 aromatic rings. The van der Waals surface area contributed by atoms with Crippen molar-refractivity contribution in [3.63, 3.8) is 0 Å². The van der Waals surface area contributed by atoms with Gasteiger partial charge in [-0.2, -0.15) is 5.10 Å². The average molecular weight is 309 g/mol. The summed E-state index contributed by atoms with van der Waals surface area (Å²) in [6.07, 6.45) is 1.56. The average Bonchev–Trinajstić information content (AvgIpc) is 2.80. The summed E-state index contributed by atoms with van der Waals surface area (Å²) in [6.45, 7) is 2.43. The number of hydrogen-bond acceptors (Lipinski definition) is 7. The molecule has 0 atom stereocenters. The summed E-state index contributed by atoms with van der Waals surface area (Å²) in [6, 6.07) is 1.76. The lowest BCUT2D eigenvalue weighted by atomic mass is 10.3. The van der Waals surface area contributed by atoms with Crippen LogP contribution in [0.15, 0.2) is 12.3 Å². The Morgan fingerprint density at radius 1 is 1.48 bits per heavy atom. The van der Waals surface area contributed by atoms with Crippen molar-refractivity contribution in [1.82, 2.24) is 20.4 Å². The van der Waals surface area contributed by atoms with Crippen LogP contribution in [0.2, 0.25) is 0 Å². The highest BCUT2D eigenvalue weighted by atomic mass is 32.1. The molecule has 0 fully saturated rings. The fourth-order valence-electron chi connectivity index (χ4n) is 1.71. The largest absolute Gasteiger partial charge is 0.397 e. The van der Waals surface area contributed by atoms with E-state index in [0.29, 0.717) is 35.2 Å². The first-order valence-electron chi connectivity index (χ1n) is 6.60. The summed E-state index contributed by atoms with van der Waals surface area (Å²) in [5.74, 6) is -0.202. The summed E-state index contributed by atoms with van der Waals surface area (Å²) in [5.41, 5.74) is 6.42. The van der Waals surface area contributed by atoms with E-state index >= 15 is 0 Å². The number of hydrogen-bond donors (Lipinski definition) is 2. The predicted octanol–water partition coefficient (Wildman–Crippen LogP) is 0.581. The molecule has 0 bridgehead atoms. The molecule has 0 saturated carbocycles. The number of thiophene rings is 1. The Bertz CT molecular complexity index is 614. The molecule has 1 amide bonds. The highest BCUT2D eigenvalue weighted by molar-refractivity contribution is 7.21. The van der Waals surface area contributed by atoms with Gasteiger partial charge < -0.3 is 20.7 Å². The molecular formula is C13H19N5O2S. The molecule has 2 aromatic heterocycles. The number of nitrogens with one attached hydrogen (secondary N) is 1. The molecule has 0 aliphatic rings. The van der Waals surface area contributed by atoms with E-state index in [1.807, 2.05) is 19.0 Å². The number of anilines is 1. The lowest BCUT2D eigenvalue weighted by molar-refractivity contribution is 0.0904. The minimum Gasteiger partial charge on any atom is -0.397 e. The number of aromatic nitrogens is 2. The van der Waals surface area contributed by atoms with Crippen molar-refractivity contribution in [3.8, 4) is 0 Å².